The van der Waals surface area contributed by atoms with Crippen LogP contribution in [0, 0.1) is 23.7 Å². The summed E-state index contributed by atoms with van der Waals surface area (Å²) >= 11 is 0. The molecule has 204 valence electrons. The lowest BCUT2D eigenvalue weighted by atomic mass is 9.80. The number of carbonyl (C=O) groups is 2. The van der Waals surface area contributed by atoms with E-state index in [4.69, 9.17) is 9.47 Å². The highest BCUT2D eigenvalue weighted by Gasteiger charge is 2.27. The minimum absolute atomic E-state index is 0.00854. The zero-order valence-electron chi connectivity index (χ0n) is 23.2. The highest BCUT2D eigenvalue weighted by molar-refractivity contribution is 5.89. The van der Waals surface area contributed by atoms with E-state index < -0.39 is 0 Å². The Morgan fingerprint density at radius 1 is 0.842 bits per heavy atom. The molecule has 38 heavy (non-hydrogen) atoms. The van der Waals surface area contributed by atoms with Crippen LogP contribution in [0.5, 0.6) is 5.75 Å². The second-order valence-electron chi connectivity index (χ2n) is 10.4. The van der Waals surface area contributed by atoms with Crippen LogP contribution in [0.3, 0.4) is 0 Å². The quantitative estimate of drug-likeness (QED) is 0.117. The van der Waals surface area contributed by atoms with E-state index in [1.165, 1.54) is 51.1 Å². The van der Waals surface area contributed by atoms with Gasteiger partial charge in [0.1, 0.15) is 11.4 Å². The summed E-state index contributed by atoms with van der Waals surface area (Å²) in [5.74, 6) is 6.94. The van der Waals surface area contributed by atoms with Crippen molar-refractivity contribution in [1.29, 1.82) is 0 Å². The van der Waals surface area contributed by atoms with Gasteiger partial charge in [-0.05, 0) is 80.3 Å². The van der Waals surface area contributed by atoms with E-state index >= 15 is 0 Å². The molecular formula is C33H43NO4. The molecule has 1 saturated carbocycles. The van der Waals surface area contributed by atoms with Crippen molar-refractivity contribution in [3.63, 3.8) is 0 Å². The number of carbonyl (C=O) groups excluding carboxylic acids is 2. The van der Waals surface area contributed by atoms with Crippen LogP contribution in [0.1, 0.15) is 119 Å². The fraction of sp³-hybridized carbons (Fsp3) is 0.545. The van der Waals surface area contributed by atoms with Crippen molar-refractivity contribution in [3.8, 4) is 17.6 Å². The van der Waals surface area contributed by atoms with Gasteiger partial charge in [-0.2, -0.15) is 0 Å². The molecule has 2 aromatic rings. The number of aromatic nitrogens is 1. The largest absolute Gasteiger partial charge is 0.462 e. The number of pyridine rings is 1. The lowest BCUT2D eigenvalue weighted by molar-refractivity contribution is -0.140. The molecule has 5 nitrogen and oxygen atoms in total. The van der Waals surface area contributed by atoms with Gasteiger partial charge in [0.15, 0.2) is 0 Å². The maximum atomic E-state index is 12.5. The number of hydrogen-bond donors (Lipinski definition) is 0. The third-order valence-corrected chi connectivity index (χ3v) is 7.26. The molecule has 1 fully saturated rings. The Morgan fingerprint density at radius 2 is 1.55 bits per heavy atom. The number of nitrogens with zero attached hydrogens (tertiary/aromatic N) is 1. The molecule has 3 rings (SSSR count). The van der Waals surface area contributed by atoms with Crippen molar-refractivity contribution in [3.05, 3.63) is 59.4 Å². The number of benzene rings is 1. The first-order valence-corrected chi connectivity index (χ1v) is 14.6. The van der Waals surface area contributed by atoms with E-state index in [2.05, 4.69) is 30.7 Å². The van der Waals surface area contributed by atoms with Crippen molar-refractivity contribution in [1.82, 2.24) is 4.98 Å². The third kappa shape index (κ3) is 10.3. The molecule has 0 bridgehead atoms. The first-order valence-electron chi connectivity index (χ1n) is 14.6. The van der Waals surface area contributed by atoms with E-state index in [1.807, 2.05) is 12.1 Å². The molecular weight excluding hydrogens is 474 g/mol. The van der Waals surface area contributed by atoms with E-state index in [-0.39, 0.29) is 17.9 Å². The zero-order valence-corrected chi connectivity index (χ0v) is 23.2. The minimum Gasteiger partial charge on any atom is -0.462 e. The Hall–Kier alpha value is -3.13. The van der Waals surface area contributed by atoms with Crippen molar-refractivity contribution in [2.75, 3.05) is 6.61 Å². The van der Waals surface area contributed by atoms with Crippen LogP contribution in [0.15, 0.2) is 42.6 Å². The summed E-state index contributed by atoms with van der Waals surface area (Å²) < 4.78 is 11.0. The number of hydrogen-bond acceptors (Lipinski definition) is 5. The lowest BCUT2D eigenvalue weighted by Gasteiger charge is -2.26. The van der Waals surface area contributed by atoms with Gasteiger partial charge >= 0.3 is 11.9 Å². The minimum atomic E-state index is -0.345. The van der Waals surface area contributed by atoms with E-state index in [1.54, 1.807) is 24.3 Å². The van der Waals surface area contributed by atoms with Crippen LogP contribution in [-0.2, 0) is 9.53 Å². The highest BCUT2D eigenvalue weighted by atomic mass is 16.5. The van der Waals surface area contributed by atoms with E-state index in [0.717, 1.165) is 50.0 Å². The summed E-state index contributed by atoms with van der Waals surface area (Å²) in [5.41, 5.74) is 1.80. The van der Waals surface area contributed by atoms with Crippen molar-refractivity contribution in [2.24, 2.45) is 11.8 Å². The first-order chi connectivity index (χ1) is 18.6. The molecule has 0 atom stereocenters. The van der Waals surface area contributed by atoms with Gasteiger partial charge in [0, 0.05) is 11.8 Å². The topological polar surface area (TPSA) is 65.5 Å². The van der Waals surface area contributed by atoms with Gasteiger partial charge in [0.05, 0.1) is 18.1 Å². The SMILES string of the molecule is CCCCCCCCCOC(=O)c1ccc(C#Cc2ccc(OC(=O)C3CCC(CCC)CC3)cc2)nc1. The first kappa shape index (κ1) is 29.4. The molecule has 5 heteroatoms. The smallest absolute Gasteiger partial charge is 0.339 e. The van der Waals surface area contributed by atoms with E-state index in [9.17, 15) is 9.59 Å². The van der Waals surface area contributed by atoms with Crippen LogP contribution in [0.4, 0.5) is 0 Å². The molecule has 1 aromatic carbocycles. The van der Waals surface area contributed by atoms with E-state index in [0.29, 0.717) is 23.6 Å². The van der Waals surface area contributed by atoms with Crippen molar-refractivity contribution in [2.45, 2.75) is 97.3 Å². The fourth-order valence-electron chi connectivity index (χ4n) is 4.93. The molecule has 0 amide bonds. The molecule has 1 aliphatic rings. The normalized spacial score (nSPS) is 16.8. The average Bonchev–Trinajstić information content (AvgIpc) is 2.95. The maximum Gasteiger partial charge on any atom is 0.339 e. The number of rotatable bonds is 13. The number of unbranched alkanes of at least 4 members (excludes halogenated alkanes) is 6. The number of esters is 2. The standard InChI is InChI=1S/C33H43NO4/c1-3-5-6-7-8-9-10-24-37-32(35)29-19-21-30(34-25-29)20-14-27-15-22-31(23-16-27)38-33(36)28-17-12-26(11-4-2)13-18-28/h15-16,19,21-23,25-26,28H,3-13,17-18,24H2,1-2H3. The van der Waals surface area contributed by atoms with Gasteiger partial charge in [0.25, 0.3) is 0 Å². The molecule has 1 aliphatic carbocycles. The summed E-state index contributed by atoms with van der Waals surface area (Å²) in [6.45, 7) is 4.88. The van der Waals surface area contributed by atoms with Gasteiger partial charge in [-0.1, -0.05) is 71.1 Å². The van der Waals surface area contributed by atoms with Crippen LogP contribution in [0.2, 0.25) is 0 Å². The van der Waals surface area contributed by atoms with Crippen molar-refractivity contribution < 1.29 is 19.1 Å². The van der Waals surface area contributed by atoms with Crippen LogP contribution in [-0.4, -0.2) is 23.5 Å². The summed E-state index contributed by atoms with van der Waals surface area (Å²) in [5, 5.41) is 0. The Morgan fingerprint density at radius 3 is 2.21 bits per heavy atom. The molecule has 0 spiro atoms. The second kappa shape index (κ2) is 16.7. The second-order valence-corrected chi connectivity index (χ2v) is 10.4. The van der Waals surface area contributed by atoms with Gasteiger partial charge in [-0.15, -0.1) is 0 Å². The zero-order chi connectivity index (χ0) is 27.0. The third-order valence-electron chi connectivity index (χ3n) is 7.26. The Bertz CT molecular complexity index is 1040. The molecule has 0 aliphatic heterocycles. The lowest BCUT2D eigenvalue weighted by Crippen LogP contribution is -2.25. The summed E-state index contributed by atoms with van der Waals surface area (Å²) in [6.07, 6.45) is 16.4. The fourth-order valence-corrected chi connectivity index (χ4v) is 4.93. The number of ether oxygens (including phenoxy) is 2. The van der Waals surface area contributed by atoms with Gasteiger partial charge in [-0.25, -0.2) is 9.78 Å². The summed E-state index contributed by atoms with van der Waals surface area (Å²) in [6, 6.07) is 10.7. The van der Waals surface area contributed by atoms with Gasteiger partial charge in [-0.3, -0.25) is 4.79 Å². The maximum absolute atomic E-state index is 12.5. The molecule has 0 saturated heterocycles. The summed E-state index contributed by atoms with van der Waals surface area (Å²) in [4.78, 5) is 29.1. The Balaban J connectivity index is 1.39. The monoisotopic (exact) mass is 517 g/mol. The summed E-state index contributed by atoms with van der Waals surface area (Å²) in [7, 11) is 0. The predicted octanol–water partition coefficient (Wildman–Crippen LogP) is 7.90. The highest BCUT2D eigenvalue weighted by Crippen LogP contribution is 2.32. The molecule has 0 N–H and O–H groups in total. The van der Waals surface area contributed by atoms with Gasteiger partial charge in [0.2, 0.25) is 0 Å². The molecule has 1 heterocycles. The van der Waals surface area contributed by atoms with Crippen LogP contribution in [0.25, 0.3) is 0 Å². The van der Waals surface area contributed by atoms with Crippen LogP contribution < -0.4 is 4.74 Å². The molecule has 0 radical (unpaired) electrons. The molecule has 0 unspecified atom stereocenters. The van der Waals surface area contributed by atoms with Crippen LogP contribution >= 0.6 is 0 Å². The Labute approximate surface area is 228 Å². The predicted molar refractivity (Wildman–Crippen MR) is 151 cm³/mol. The van der Waals surface area contributed by atoms with Gasteiger partial charge < -0.3 is 9.47 Å². The molecule has 1 aromatic heterocycles. The van der Waals surface area contributed by atoms with Crippen molar-refractivity contribution >= 4 is 11.9 Å². The average molecular weight is 518 g/mol. The Kier molecular flexibility index (Phi) is 12.9.